The number of methoxy groups -OCH3 is 1. The number of nitrogens with one attached hydrogen (secondary N) is 1. The van der Waals surface area contributed by atoms with E-state index in [2.05, 4.69) is 22.2 Å². The highest BCUT2D eigenvalue weighted by Gasteiger charge is 2.21. The van der Waals surface area contributed by atoms with E-state index in [1.54, 1.807) is 37.5 Å². The average Bonchev–Trinajstić information content (AvgIpc) is 3.09. The highest BCUT2D eigenvalue weighted by molar-refractivity contribution is 6.06. The summed E-state index contributed by atoms with van der Waals surface area (Å²) in [6.45, 7) is 6.44. The van der Waals surface area contributed by atoms with Crippen molar-refractivity contribution in [1.29, 1.82) is 0 Å². The number of ether oxygens (including phenoxy) is 1. The van der Waals surface area contributed by atoms with Crippen molar-refractivity contribution in [2.75, 3.05) is 45.2 Å². The van der Waals surface area contributed by atoms with Crippen LogP contribution >= 0.6 is 0 Å². The topological polar surface area (TPSA) is 79.7 Å². The molecule has 1 aliphatic rings. The first-order chi connectivity index (χ1) is 13.0. The second-order valence-electron chi connectivity index (χ2n) is 6.48. The normalized spacial score (nSPS) is 14.9. The van der Waals surface area contributed by atoms with E-state index >= 15 is 0 Å². The van der Waals surface area contributed by atoms with Crippen LogP contribution < -0.4 is 10.1 Å². The molecule has 0 aliphatic carbocycles. The fourth-order valence-electron chi connectivity index (χ4n) is 3.12. The fourth-order valence-corrected chi connectivity index (χ4v) is 3.12. The van der Waals surface area contributed by atoms with Gasteiger partial charge in [0.1, 0.15) is 5.56 Å². The minimum atomic E-state index is -0.310. The number of rotatable bonds is 5. The number of aryl methyl sites for hydroxylation is 1. The number of hydrogen-bond donors (Lipinski definition) is 1. The molecule has 1 saturated heterocycles. The summed E-state index contributed by atoms with van der Waals surface area (Å²) in [6, 6.07) is 6.95. The number of likely N-dealkylation sites (N-methyl/N-ethyl adjacent to an activating group) is 1. The van der Waals surface area contributed by atoms with E-state index in [1.807, 2.05) is 4.90 Å². The van der Waals surface area contributed by atoms with Crippen LogP contribution in [0.25, 0.3) is 0 Å². The molecule has 144 valence electrons. The number of hydrogen-bond acceptors (Lipinski definition) is 5. The van der Waals surface area contributed by atoms with Crippen LogP contribution in [-0.4, -0.2) is 71.2 Å². The van der Waals surface area contributed by atoms with Gasteiger partial charge in [-0.3, -0.25) is 14.3 Å². The predicted molar refractivity (Wildman–Crippen MR) is 102 cm³/mol. The van der Waals surface area contributed by atoms with E-state index in [1.165, 1.54) is 11.8 Å². The van der Waals surface area contributed by atoms with Crippen molar-refractivity contribution < 1.29 is 14.3 Å². The number of carbonyl (C=O) groups excluding carboxylic acids is 2. The zero-order chi connectivity index (χ0) is 19.4. The Balaban J connectivity index is 1.63. The maximum atomic E-state index is 12.6. The van der Waals surface area contributed by atoms with Crippen LogP contribution in [0.4, 0.5) is 5.69 Å². The van der Waals surface area contributed by atoms with Gasteiger partial charge in [-0.1, -0.05) is 6.92 Å². The summed E-state index contributed by atoms with van der Waals surface area (Å²) in [5.41, 5.74) is 1.59. The highest BCUT2D eigenvalue weighted by Crippen LogP contribution is 2.18. The Hall–Kier alpha value is -2.87. The molecule has 0 saturated carbocycles. The van der Waals surface area contributed by atoms with Gasteiger partial charge in [-0.15, -0.1) is 5.10 Å². The van der Waals surface area contributed by atoms with Crippen molar-refractivity contribution in [2.24, 2.45) is 7.05 Å². The molecular formula is C19H25N5O3. The summed E-state index contributed by atoms with van der Waals surface area (Å²) < 4.78 is 6.63. The van der Waals surface area contributed by atoms with Gasteiger partial charge in [0.2, 0.25) is 5.88 Å². The summed E-state index contributed by atoms with van der Waals surface area (Å²) in [6.07, 6.45) is 1.60. The van der Waals surface area contributed by atoms with Gasteiger partial charge in [0.05, 0.1) is 7.11 Å². The SMILES string of the molecule is CCN1CCN(C(=O)c2ccc(NC(=O)c3cn(C)nc3OC)cc2)CC1. The first-order valence-corrected chi connectivity index (χ1v) is 9.02. The number of aromatic nitrogens is 2. The van der Waals surface area contributed by atoms with E-state index in [0.29, 0.717) is 16.8 Å². The third-order valence-corrected chi connectivity index (χ3v) is 4.73. The second-order valence-corrected chi connectivity index (χ2v) is 6.48. The van der Waals surface area contributed by atoms with Crippen LogP contribution in [0.15, 0.2) is 30.5 Å². The molecule has 8 nitrogen and oxygen atoms in total. The van der Waals surface area contributed by atoms with Crippen LogP contribution in [-0.2, 0) is 7.05 Å². The molecule has 27 heavy (non-hydrogen) atoms. The number of nitrogens with zero attached hydrogens (tertiary/aromatic N) is 4. The molecule has 2 heterocycles. The Morgan fingerprint density at radius 2 is 1.81 bits per heavy atom. The lowest BCUT2D eigenvalue weighted by Crippen LogP contribution is -2.48. The van der Waals surface area contributed by atoms with E-state index < -0.39 is 0 Å². The lowest BCUT2D eigenvalue weighted by molar-refractivity contribution is 0.0643. The molecular weight excluding hydrogens is 346 g/mol. The molecule has 2 aromatic rings. The summed E-state index contributed by atoms with van der Waals surface area (Å²) in [5, 5.41) is 6.87. The van der Waals surface area contributed by atoms with Gasteiger partial charge in [0.25, 0.3) is 11.8 Å². The van der Waals surface area contributed by atoms with E-state index in [0.717, 1.165) is 32.7 Å². The van der Waals surface area contributed by atoms with Crippen molar-refractivity contribution in [3.05, 3.63) is 41.6 Å². The van der Waals surface area contributed by atoms with Gasteiger partial charge in [-0.25, -0.2) is 0 Å². The minimum absolute atomic E-state index is 0.0255. The highest BCUT2D eigenvalue weighted by atomic mass is 16.5. The van der Waals surface area contributed by atoms with Crippen molar-refractivity contribution in [3.63, 3.8) is 0 Å². The molecule has 2 amide bonds. The Morgan fingerprint density at radius 3 is 2.41 bits per heavy atom. The van der Waals surface area contributed by atoms with E-state index in [-0.39, 0.29) is 17.7 Å². The molecule has 0 radical (unpaired) electrons. The maximum Gasteiger partial charge on any atom is 0.262 e. The standard InChI is InChI=1S/C19H25N5O3/c1-4-23-9-11-24(12-10-23)19(26)14-5-7-15(8-6-14)20-17(25)16-13-22(2)21-18(16)27-3/h5-8,13H,4,9-12H2,1-3H3,(H,20,25). The predicted octanol–water partition coefficient (Wildman–Crippen LogP) is 1.46. The van der Waals surface area contributed by atoms with Gasteiger partial charge in [0, 0.05) is 50.7 Å². The second kappa shape index (κ2) is 8.22. The largest absolute Gasteiger partial charge is 0.479 e. The summed E-state index contributed by atoms with van der Waals surface area (Å²) in [4.78, 5) is 29.2. The van der Waals surface area contributed by atoms with Crippen molar-refractivity contribution >= 4 is 17.5 Å². The lowest BCUT2D eigenvalue weighted by atomic mass is 10.1. The molecule has 0 bridgehead atoms. The zero-order valence-electron chi connectivity index (χ0n) is 15.9. The third kappa shape index (κ3) is 4.28. The number of anilines is 1. The number of piperazine rings is 1. The van der Waals surface area contributed by atoms with Crippen molar-refractivity contribution in [2.45, 2.75) is 6.92 Å². The monoisotopic (exact) mass is 371 g/mol. The fraction of sp³-hybridized carbons (Fsp3) is 0.421. The Labute approximate surface area is 158 Å². The summed E-state index contributed by atoms with van der Waals surface area (Å²) in [7, 11) is 3.19. The smallest absolute Gasteiger partial charge is 0.262 e. The average molecular weight is 371 g/mol. The van der Waals surface area contributed by atoms with Gasteiger partial charge >= 0.3 is 0 Å². The molecule has 1 aromatic carbocycles. The van der Waals surface area contributed by atoms with Gasteiger partial charge in [0.15, 0.2) is 0 Å². The van der Waals surface area contributed by atoms with Gasteiger partial charge < -0.3 is 19.9 Å². The number of carbonyl (C=O) groups is 2. The first kappa shape index (κ1) is 18.9. The molecule has 3 rings (SSSR count). The maximum absolute atomic E-state index is 12.6. The summed E-state index contributed by atoms with van der Waals surface area (Å²) >= 11 is 0. The molecule has 0 spiro atoms. The van der Waals surface area contributed by atoms with Crippen LogP contribution in [0, 0.1) is 0 Å². The molecule has 1 fully saturated rings. The number of benzene rings is 1. The van der Waals surface area contributed by atoms with Crippen LogP contribution in [0.3, 0.4) is 0 Å². The van der Waals surface area contributed by atoms with Gasteiger partial charge in [-0.05, 0) is 30.8 Å². The molecule has 1 aliphatic heterocycles. The lowest BCUT2D eigenvalue weighted by Gasteiger charge is -2.34. The molecule has 1 N–H and O–H groups in total. The van der Waals surface area contributed by atoms with Crippen LogP contribution in [0.2, 0.25) is 0 Å². The van der Waals surface area contributed by atoms with E-state index in [9.17, 15) is 9.59 Å². The molecule has 0 unspecified atom stereocenters. The molecule has 0 atom stereocenters. The Morgan fingerprint density at radius 1 is 1.15 bits per heavy atom. The van der Waals surface area contributed by atoms with Gasteiger partial charge in [-0.2, -0.15) is 0 Å². The Kier molecular flexibility index (Phi) is 5.75. The molecule has 1 aromatic heterocycles. The van der Waals surface area contributed by atoms with Crippen LogP contribution in [0.5, 0.6) is 5.88 Å². The summed E-state index contributed by atoms with van der Waals surface area (Å²) in [5.74, 6) is -0.0136. The quantitative estimate of drug-likeness (QED) is 0.861. The number of amides is 2. The first-order valence-electron chi connectivity index (χ1n) is 9.02. The third-order valence-electron chi connectivity index (χ3n) is 4.73. The van der Waals surface area contributed by atoms with Crippen LogP contribution in [0.1, 0.15) is 27.6 Å². The molecule has 8 heteroatoms. The zero-order valence-corrected chi connectivity index (χ0v) is 15.9. The van der Waals surface area contributed by atoms with E-state index in [4.69, 9.17) is 4.74 Å². The van der Waals surface area contributed by atoms with Crippen molar-refractivity contribution in [3.8, 4) is 5.88 Å². The Bertz CT molecular complexity index is 807. The van der Waals surface area contributed by atoms with Crippen molar-refractivity contribution in [1.82, 2.24) is 19.6 Å². The minimum Gasteiger partial charge on any atom is -0.479 e.